The number of ether oxygens (including phenoxy) is 2. The van der Waals surface area contributed by atoms with Gasteiger partial charge in [-0.2, -0.15) is 4.98 Å². The molecule has 2 aromatic heterocycles. The second kappa shape index (κ2) is 8.19. The maximum Gasteiger partial charge on any atom is 0.237 e. The Bertz CT molecular complexity index is 1160. The van der Waals surface area contributed by atoms with Crippen molar-refractivity contribution in [2.75, 3.05) is 6.79 Å². The number of hydrogen-bond donors (Lipinski definition) is 0. The third kappa shape index (κ3) is 3.63. The predicted molar refractivity (Wildman–Crippen MR) is 111 cm³/mol. The largest absolute Gasteiger partial charge is 0.454 e. The van der Waals surface area contributed by atoms with Crippen LogP contribution in [0.25, 0.3) is 17.1 Å². The number of thioether (sulfide) groups is 1. The lowest BCUT2D eigenvalue weighted by molar-refractivity contribution is 0.174. The molecule has 152 valence electrons. The summed E-state index contributed by atoms with van der Waals surface area (Å²) in [6, 6.07) is 15.8. The summed E-state index contributed by atoms with van der Waals surface area (Å²) in [7, 11) is 0. The summed E-state index contributed by atoms with van der Waals surface area (Å²) in [6.07, 6.45) is 1.79. The van der Waals surface area contributed by atoms with Crippen molar-refractivity contribution in [2.45, 2.75) is 30.7 Å². The molecule has 5 rings (SSSR count). The maximum absolute atomic E-state index is 5.53. The highest BCUT2D eigenvalue weighted by molar-refractivity contribution is 7.98. The topological polar surface area (TPSA) is 88.1 Å². The number of nitrogens with zero attached hydrogens (tertiary/aromatic N) is 5. The second-order valence-electron chi connectivity index (χ2n) is 6.69. The Hall–Kier alpha value is -3.33. The second-order valence-corrected chi connectivity index (χ2v) is 7.63. The molecule has 0 atom stereocenters. The fraction of sp³-hybridized carbons (Fsp3) is 0.238. The van der Waals surface area contributed by atoms with Crippen LogP contribution in [0.4, 0.5) is 0 Å². The van der Waals surface area contributed by atoms with Crippen LogP contribution in [0.3, 0.4) is 0 Å². The Balaban J connectivity index is 1.48. The minimum Gasteiger partial charge on any atom is -0.454 e. The van der Waals surface area contributed by atoms with Crippen LogP contribution in [0, 0.1) is 0 Å². The zero-order valence-electron chi connectivity index (χ0n) is 16.3. The molecule has 0 aliphatic carbocycles. The van der Waals surface area contributed by atoms with Gasteiger partial charge in [-0.1, -0.05) is 42.0 Å². The van der Waals surface area contributed by atoms with E-state index in [4.69, 9.17) is 14.0 Å². The van der Waals surface area contributed by atoms with E-state index >= 15 is 0 Å². The van der Waals surface area contributed by atoms with Crippen molar-refractivity contribution in [3.05, 3.63) is 60.2 Å². The van der Waals surface area contributed by atoms with Crippen LogP contribution in [0.2, 0.25) is 0 Å². The molecule has 0 fully saturated rings. The molecule has 2 aromatic carbocycles. The molecule has 0 spiro atoms. The summed E-state index contributed by atoms with van der Waals surface area (Å²) in [5, 5.41) is 13.7. The van der Waals surface area contributed by atoms with E-state index in [0.717, 1.165) is 46.6 Å². The van der Waals surface area contributed by atoms with Crippen LogP contribution >= 0.6 is 11.8 Å². The highest BCUT2D eigenvalue weighted by atomic mass is 32.2. The first-order valence-corrected chi connectivity index (χ1v) is 10.7. The lowest BCUT2D eigenvalue weighted by atomic mass is 10.2. The van der Waals surface area contributed by atoms with Gasteiger partial charge in [0, 0.05) is 17.7 Å². The quantitative estimate of drug-likeness (QED) is 0.408. The Labute approximate surface area is 177 Å². The van der Waals surface area contributed by atoms with Gasteiger partial charge in [0.15, 0.2) is 28.3 Å². The van der Waals surface area contributed by atoms with Crippen LogP contribution in [-0.2, 0) is 12.2 Å². The van der Waals surface area contributed by atoms with Crippen molar-refractivity contribution < 1.29 is 14.0 Å². The molecule has 9 heteroatoms. The Morgan fingerprint density at radius 1 is 1.03 bits per heavy atom. The van der Waals surface area contributed by atoms with Gasteiger partial charge in [0.05, 0.1) is 5.75 Å². The zero-order valence-corrected chi connectivity index (χ0v) is 17.1. The van der Waals surface area contributed by atoms with Crippen LogP contribution in [0.15, 0.2) is 58.2 Å². The number of aromatic nitrogens is 5. The van der Waals surface area contributed by atoms with Gasteiger partial charge in [-0.05, 0) is 36.8 Å². The van der Waals surface area contributed by atoms with Gasteiger partial charge in [0.2, 0.25) is 12.7 Å². The highest BCUT2D eigenvalue weighted by Gasteiger charge is 2.20. The first-order chi connectivity index (χ1) is 14.8. The fourth-order valence-corrected chi connectivity index (χ4v) is 3.99. The summed E-state index contributed by atoms with van der Waals surface area (Å²) in [6.45, 7) is 2.32. The highest BCUT2D eigenvalue weighted by Crippen LogP contribution is 2.37. The van der Waals surface area contributed by atoms with Crippen molar-refractivity contribution in [1.82, 2.24) is 24.9 Å². The predicted octanol–water partition coefficient (Wildman–Crippen LogP) is 4.29. The minimum atomic E-state index is 0.232. The van der Waals surface area contributed by atoms with Gasteiger partial charge in [-0.15, -0.1) is 10.2 Å². The first-order valence-electron chi connectivity index (χ1n) is 9.67. The number of benzene rings is 2. The molecule has 30 heavy (non-hydrogen) atoms. The molecule has 0 radical (unpaired) electrons. The van der Waals surface area contributed by atoms with Crippen LogP contribution in [-0.4, -0.2) is 31.7 Å². The van der Waals surface area contributed by atoms with Crippen LogP contribution in [0.5, 0.6) is 11.5 Å². The van der Waals surface area contributed by atoms with Crippen molar-refractivity contribution in [2.24, 2.45) is 0 Å². The van der Waals surface area contributed by atoms with E-state index < -0.39 is 0 Å². The van der Waals surface area contributed by atoms with E-state index in [1.54, 1.807) is 0 Å². The number of hydrogen-bond acceptors (Lipinski definition) is 8. The molecule has 3 heterocycles. The van der Waals surface area contributed by atoms with Crippen LogP contribution < -0.4 is 9.47 Å². The van der Waals surface area contributed by atoms with Gasteiger partial charge in [-0.3, -0.25) is 4.57 Å². The SMILES string of the molecule is CCCc1noc(CSc2nnc(-c3ccc4c(c3)OCO4)n2-c2ccccc2)n1. The van der Waals surface area contributed by atoms with Gasteiger partial charge < -0.3 is 14.0 Å². The summed E-state index contributed by atoms with van der Waals surface area (Å²) in [5.74, 6) is 3.99. The lowest BCUT2D eigenvalue weighted by Gasteiger charge is -2.10. The van der Waals surface area contributed by atoms with E-state index in [-0.39, 0.29) is 6.79 Å². The molecular formula is C21H19N5O3S. The number of aryl methyl sites for hydroxylation is 1. The third-order valence-electron chi connectivity index (χ3n) is 4.59. The Morgan fingerprint density at radius 2 is 1.90 bits per heavy atom. The molecule has 0 saturated heterocycles. The molecule has 1 aliphatic rings. The van der Waals surface area contributed by atoms with Gasteiger partial charge in [0.25, 0.3) is 0 Å². The summed E-state index contributed by atoms with van der Waals surface area (Å²) >= 11 is 1.50. The molecular weight excluding hydrogens is 402 g/mol. The molecule has 1 aliphatic heterocycles. The third-order valence-corrected chi connectivity index (χ3v) is 5.50. The van der Waals surface area contributed by atoms with Crippen molar-refractivity contribution in [1.29, 1.82) is 0 Å². The Kier molecular flexibility index (Phi) is 5.10. The average Bonchev–Trinajstić information content (AvgIpc) is 3.52. The molecule has 0 amide bonds. The average molecular weight is 421 g/mol. The molecule has 0 saturated carbocycles. The summed E-state index contributed by atoms with van der Waals surface area (Å²) in [5.41, 5.74) is 1.86. The Morgan fingerprint density at radius 3 is 2.77 bits per heavy atom. The number of para-hydroxylation sites is 1. The maximum atomic E-state index is 5.53. The van der Waals surface area contributed by atoms with Gasteiger partial charge in [0.1, 0.15) is 0 Å². The first kappa shape index (κ1) is 18.7. The van der Waals surface area contributed by atoms with Gasteiger partial charge >= 0.3 is 0 Å². The molecule has 0 bridgehead atoms. The van der Waals surface area contributed by atoms with E-state index in [2.05, 4.69) is 27.3 Å². The molecule has 0 unspecified atom stereocenters. The smallest absolute Gasteiger partial charge is 0.237 e. The summed E-state index contributed by atoms with van der Waals surface area (Å²) in [4.78, 5) is 4.44. The normalized spacial score (nSPS) is 12.4. The van der Waals surface area contributed by atoms with E-state index in [1.807, 2.05) is 53.1 Å². The number of rotatable bonds is 7. The van der Waals surface area contributed by atoms with Crippen molar-refractivity contribution in [3.8, 4) is 28.6 Å². The number of fused-ring (bicyclic) bond motifs is 1. The van der Waals surface area contributed by atoms with Gasteiger partial charge in [-0.25, -0.2) is 0 Å². The van der Waals surface area contributed by atoms with E-state index in [1.165, 1.54) is 11.8 Å². The standard InChI is InChI=1S/C21H19N5O3S/c1-2-6-18-22-19(29-25-18)12-30-21-24-23-20(26(21)15-7-4-3-5-8-15)14-9-10-16-17(11-14)28-13-27-16/h3-5,7-11H,2,6,12-13H2,1H3. The molecule has 8 nitrogen and oxygen atoms in total. The zero-order chi connectivity index (χ0) is 20.3. The van der Waals surface area contributed by atoms with E-state index in [0.29, 0.717) is 17.4 Å². The lowest BCUT2D eigenvalue weighted by Crippen LogP contribution is -1.99. The monoisotopic (exact) mass is 421 g/mol. The van der Waals surface area contributed by atoms with E-state index in [9.17, 15) is 0 Å². The fourth-order valence-electron chi connectivity index (χ4n) is 3.20. The van der Waals surface area contributed by atoms with Crippen LogP contribution in [0.1, 0.15) is 25.1 Å². The van der Waals surface area contributed by atoms with Crippen molar-refractivity contribution in [3.63, 3.8) is 0 Å². The molecule has 4 aromatic rings. The molecule has 0 N–H and O–H groups in total. The summed E-state index contributed by atoms with van der Waals surface area (Å²) < 4.78 is 18.3. The minimum absolute atomic E-state index is 0.232. The van der Waals surface area contributed by atoms with Crippen molar-refractivity contribution >= 4 is 11.8 Å².